The Balaban J connectivity index is 2.07. The molecule has 0 spiro atoms. The molecule has 1 atom stereocenters. The highest BCUT2D eigenvalue weighted by Crippen LogP contribution is 2.17. The Morgan fingerprint density at radius 3 is 2.36 bits per heavy atom. The molecule has 2 aromatic rings. The number of carbonyl (C=O) groups excluding carboxylic acids is 2. The fraction of sp³-hybridized carbons (Fsp3) is 0.333. The van der Waals surface area contributed by atoms with Gasteiger partial charge in [-0.05, 0) is 75.6 Å². The first-order valence-corrected chi connectivity index (χ1v) is 9.52. The summed E-state index contributed by atoms with van der Waals surface area (Å²) in [7, 11) is 1.65. The molecule has 0 aromatic heterocycles. The minimum Gasteiger partial charge on any atom is -0.491 e. The molecule has 4 nitrogen and oxygen atoms in total. The minimum absolute atomic E-state index is 0.0697. The van der Waals surface area contributed by atoms with E-state index in [1.165, 1.54) is 11.0 Å². The van der Waals surface area contributed by atoms with E-state index in [0.29, 0.717) is 5.56 Å². The topological polar surface area (TPSA) is 46.6 Å². The Kier molecular flexibility index (Phi) is 7.16. The number of rotatable bonds is 7. The Morgan fingerprint density at radius 1 is 1.00 bits per heavy atom. The quantitative estimate of drug-likeness (QED) is 0.511. The summed E-state index contributed by atoms with van der Waals surface area (Å²) < 4.78 is 5.67. The monoisotopic (exact) mass is 379 g/mol. The average molecular weight is 380 g/mol. The van der Waals surface area contributed by atoms with Crippen LogP contribution < -0.4 is 4.74 Å². The lowest BCUT2D eigenvalue weighted by atomic mass is 10.00. The van der Waals surface area contributed by atoms with Gasteiger partial charge in [0.1, 0.15) is 5.75 Å². The number of benzene rings is 2. The Hall–Kier alpha value is -2.88. The second-order valence-electron chi connectivity index (χ2n) is 7.36. The van der Waals surface area contributed by atoms with E-state index in [0.717, 1.165) is 22.4 Å². The van der Waals surface area contributed by atoms with Crippen molar-refractivity contribution in [2.45, 2.75) is 46.8 Å². The second-order valence-corrected chi connectivity index (χ2v) is 7.36. The minimum atomic E-state index is -0.546. The van der Waals surface area contributed by atoms with Gasteiger partial charge in [0, 0.05) is 18.7 Å². The summed E-state index contributed by atoms with van der Waals surface area (Å²) in [5.74, 6) is 0.468. The maximum absolute atomic E-state index is 12.7. The number of aryl methyl sites for hydroxylation is 2. The molecule has 4 heteroatoms. The van der Waals surface area contributed by atoms with Crippen molar-refractivity contribution in [1.29, 1.82) is 0 Å². The standard InChI is InChI=1S/C24H29NO3/c1-16(2)28-22-9-7-8-20(15-22)11-13-23(26)25(6)19(5)24(27)21-12-10-17(3)18(4)14-21/h7-16,19H,1-6H3/b13-11+. The van der Waals surface area contributed by atoms with Gasteiger partial charge >= 0.3 is 0 Å². The van der Waals surface area contributed by atoms with Crippen molar-refractivity contribution >= 4 is 17.8 Å². The number of ketones is 1. The van der Waals surface area contributed by atoms with E-state index in [-0.39, 0.29) is 17.8 Å². The van der Waals surface area contributed by atoms with E-state index in [4.69, 9.17) is 4.74 Å². The van der Waals surface area contributed by atoms with E-state index in [1.54, 1.807) is 20.0 Å². The summed E-state index contributed by atoms with van der Waals surface area (Å²) in [5.41, 5.74) is 3.70. The molecule has 0 saturated heterocycles. The second kappa shape index (κ2) is 9.36. The first-order valence-electron chi connectivity index (χ1n) is 9.52. The first kappa shape index (κ1) is 21.4. The summed E-state index contributed by atoms with van der Waals surface area (Å²) >= 11 is 0. The number of Topliss-reactive ketones (excluding diaryl/α,β-unsaturated/α-hetero) is 1. The number of nitrogens with zero attached hydrogens (tertiary/aromatic N) is 1. The van der Waals surface area contributed by atoms with Gasteiger partial charge in [-0.1, -0.05) is 24.3 Å². The SMILES string of the molecule is Cc1ccc(C(=O)C(C)N(C)C(=O)/C=C/c2cccc(OC(C)C)c2)cc1C. The molecule has 0 bridgehead atoms. The van der Waals surface area contributed by atoms with E-state index in [9.17, 15) is 9.59 Å². The fourth-order valence-electron chi connectivity index (χ4n) is 2.75. The predicted octanol–water partition coefficient (Wildman–Crippen LogP) is 4.83. The molecule has 0 N–H and O–H groups in total. The maximum atomic E-state index is 12.7. The van der Waals surface area contributed by atoms with Crippen molar-refractivity contribution in [3.8, 4) is 5.75 Å². The van der Waals surface area contributed by atoms with E-state index < -0.39 is 6.04 Å². The third-order valence-electron chi connectivity index (χ3n) is 4.75. The average Bonchev–Trinajstić information content (AvgIpc) is 2.66. The first-order chi connectivity index (χ1) is 13.2. The molecule has 2 rings (SSSR count). The zero-order valence-electron chi connectivity index (χ0n) is 17.5. The molecular weight excluding hydrogens is 350 g/mol. The third-order valence-corrected chi connectivity index (χ3v) is 4.75. The highest BCUT2D eigenvalue weighted by Gasteiger charge is 2.22. The van der Waals surface area contributed by atoms with E-state index in [1.807, 2.05) is 70.2 Å². The number of carbonyl (C=O) groups is 2. The molecular formula is C24H29NO3. The van der Waals surface area contributed by atoms with Gasteiger partial charge in [-0.2, -0.15) is 0 Å². The molecule has 1 unspecified atom stereocenters. The van der Waals surface area contributed by atoms with Crippen molar-refractivity contribution in [2.75, 3.05) is 7.05 Å². The van der Waals surface area contributed by atoms with Crippen LogP contribution in [0.4, 0.5) is 0 Å². The molecule has 148 valence electrons. The molecule has 28 heavy (non-hydrogen) atoms. The van der Waals surface area contributed by atoms with Crippen LogP contribution in [-0.2, 0) is 4.79 Å². The Morgan fingerprint density at radius 2 is 1.71 bits per heavy atom. The van der Waals surface area contributed by atoms with Crippen LogP contribution in [0.25, 0.3) is 6.08 Å². The largest absolute Gasteiger partial charge is 0.491 e. The Labute approximate surface area is 167 Å². The zero-order chi connectivity index (χ0) is 20.8. The van der Waals surface area contributed by atoms with E-state index >= 15 is 0 Å². The molecule has 0 aliphatic rings. The molecule has 2 aromatic carbocycles. The predicted molar refractivity (Wildman–Crippen MR) is 114 cm³/mol. The van der Waals surface area contributed by atoms with Crippen molar-refractivity contribution in [1.82, 2.24) is 4.90 Å². The maximum Gasteiger partial charge on any atom is 0.246 e. The lowest BCUT2D eigenvalue weighted by Crippen LogP contribution is -2.39. The fourth-order valence-corrected chi connectivity index (χ4v) is 2.75. The summed E-state index contributed by atoms with van der Waals surface area (Å²) in [6.07, 6.45) is 3.31. The van der Waals surface area contributed by atoms with Crippen LogP contribution in [0.15, 0.2) is 48.5 Å². The summed E-state index contributed by atoms with van der Waals surface area (Å²) in [6.45, 7) is 9.67. The van der Waals surface area contributed by atoms with Gasteiger partial charge in [0.25, 0.3) is 0 Å². The van der Waals surface area contributed by atoms with Gasteiger partial charge in [-0.15, -0.1) is 0 Å². The highest BCUT2D eigenvalue weighted by atomic mass is 16.5. The normalized spacial score (nSPS) is 12.2. The molecule has 0 radical (unpaired) electrons. The number of hydrogen-bond donors (Lipinski definition) is 0. The van der Waals surface area contributed by atoms with E-state index in [2.05, 4.69) is 0 Å². The van der Waals surface area contributed by atoms with Crippen LogP contribution in [0.2, 0.25) is 0 Å². The van der Waals surface area contributed by atoms with Crippen LogP contribution in [0.1, 0.15) is 47.8 Å². The van der Waals surface area contributed by atoms with Gasteiger partial charge in [-0.3, -0.25) is 9.59 Å². The summed E-state index contributed by atoms with van der Waals surface area (Å²) in [4.78, 5) is 26.7. The molecule has 0 heterocycles. The van der Waals surface area contributed by atoms with Crippen molar-refractivity contribution in [2.24, 2.45) is 0 Å². The number of likely N-dealkylation sites (N-methyl/N-ethyl adjacent to an activating group) is 1. The molecule has 1 amide bonds. The highest BCUT2D eigenvalue weighted by molar-refractivity contribution is 6.03. The van der Waals surface area contributed by atoms with Gasteiger partial charge in [0.05, 0.1) is 12.1 Å². The van der Waals surface area contributed by atoms with Gasteiger partial charge in [-0.25, -0.2) is 0 Å². The van der Waals surface area contributed by atoms with Crippen molar-refractivity contribution < 1.29 is 14.3 Å². The lowest BCUT2D eigenvalue weighted by Gasteiger charge is -2.23. The van der Waals surface area contributed by atoms with Crippen LogP contribution in [-0.4, -0.2) is 35.8 Å². The van der Waals surface area contributed by atoms with Crippen LogP contribution >= 0.6 is 0 Å². The lowest BCUT2D eigenvalue weighted by molar-refractivity contribution is -0.125. The molecule has 0 saturated carbocycles. The third kappa shape index (κ3) is 5.56. The Bertz CT molecular complexity index is 883. The molecule has 0 aliphatic carbocycles. The molecule has 0 aliphatic heterocycles. The van der Waals surface area contributed by atoms with Crippen LogP contribution in [0, 0.1) is 13.8 Å². The number of amides is 1. The van der Waals surface area contributed by atoms with Gasteiger partial charge in [0.2, 0.25) is 5.91 Å². The van der Waals surface area contributed by atoms with Crippen molar-refractivity contribution in [3.05, 3.63) is 70.8 Å². The zero-order valence-corrected chi connectivity index (χ0v) is 17.5. The van der Waals surface area contributed by atoms with Crippen LogP contribution in [0.3, 0.4) is 0 Å². The molecule has 0 fully saturated rings. The number of ether oxygens (including phenoxy) is 1. The van der Waals surface area contributed by atoms with Gasteiger partial charge in [0.15, 0.2) is 5.78 Å². The number of hydrogen-bond acceptors (Lipinski definition) is 3. The van der Waals surface area contributed by atoms with Crippen molar-refractivity contribution in [3.63, 3.8) is 0 Å². The smallest absolute Gasteiger partial charge is 0.246 e. The van der Waals surface area contributed by atoms with Gasteiger partial charge < -0.3 is 9.64 Å². The summed E-state index contributed by atoms with van der Waals surface area (Å²) in [5, 5.41) is 0. The van der Waals surface area contributed by atoms with Crippen LogP contribution in [0.5, 0.6) is 5.75 Å². The summed E-state index contributed by atoms with van der Waals surface area (Å²) in [6, 6.07) is 12.6.